The molecule has 0 aliphatic carbocycles. The second-order valence-corrected chi connectivity index (χ2v) is 2.93. The lowest BCUT2D eigenvalue weighted by molar-refractivity contribution is 0.384. The first-order chi connectivity index (χ1) is 6.29. The molecule has 0 radical (unpaired) electrons. The molecule has 0 bridgehead atoms. The zero-order valence-electron chi connectivity index (χ0n) is 8.03. The van der Waals surface area contributed by atoms with Gasteiger partial charge >= 0.3 is 0 Å². The van der Waals surface area contributed by atoms with Gasteiger partial charge in [0.05, 0.1) is 7.11 Å². The second-order valence-electron chi connectivity index (χ2n) is 2.93. The van der Waals surface area contributed by atoms with Crippen molar-refractivity contribution < 1.29 is 4.74 Å². The summed E-state index contributed by atoms with van der Waals surface area (Å²) in [6, 6.07) is 0. The molecule has 2 N–H and O–H groups in total. The average molecular weight is 181 g/mol. The summed E-state index contributed by atoms with van der Waals surface area (Å²) in [6.07, 6.45) is 4.19. The lowest BCUT2D eigenvalue weighted by Crippen LogP contribution is -2.08. The van der Waals surface area contributed by atoms with Gasteiger partial charge in [-0.15, -0.1) is 0 Å². The van der Waals surface area contributed by atoms with Crippen molar-refractivity contribution in [1.82, 2.24) is 9.97 Å². The van der Waals surface area contributed by atoms with Crippen LogP contribution in [0.2, 0.25) is 0 Å². The quantitative estimate of drug-likeness (QED) is 0.750. The summed E-state index contributed by atoms with van der Waals surface area (Å²) in [7, 11) is 1.60. The smallest absolute Gasteiger partial charge is 0.235 e. The van der Waals surface area contributed by atoms with Crippen molar-refractivity contribution in [2.75, 3.05) is 13.7 Å². The van der Waals surface area contributed by atoms with Gasteiger partial charge in [0.2, 0.25) is 5.88 Å². The summed E-state index contributed by atoms with van der Waals surface area (Å²) in [4.78, 5) is 8.30. The van der Waals surface area contributed by atoms with Crippen LogP contribution < -0.4 is 10.5 Å². The number of nitrogens with zero attached hydrogens (tertiary/aromatic N) is 2. The van der Waals surface area contributed by atoms with Crippen LogP contribution in [-0.4, -0.2) is 23.6 Å². The van der Waals surface area contributed by atoms with E-state index in [1.54, 1.807) is 19.5 Å². The molecule has 1 unspecified atom stereocenters. The molecule has 0 aliphatic rings. The minimum absolute atomic E-state index is 0.300. The fourth-order valence-corrected chi connectivity index (χ4v) is 1.22. The first kappa shape index (κ1) is 9.92. The molecule has 1 aromatic heterocycles. The minimum Gasteiger partial charge on any atom is -0.480 e. The Balaban J connectivity index is 2.85. The highest BCUT2D eigenvalue weighted by Gasteiger charge is 2.12. The molecule has 1 heterocycles. The third kappa shape index (κ3) is 2.39. The molecular formula is C9H15N3O. The van der Waals surface area contributed by atoms with Crippen molar-refractivity contribution in [2.45, 2.75) is 19.3 Å². The maximum Gasteiger partial charge on any atom is 0.235 e. The third-order valence-electron chi connectivity index (χ3n) is 1.95. The van der Waals surface area contributed by atoms with Gasteiger partial charge in [-0.1, -0.05) is 6.92 Å². The van der Waals surface area contributed by atoms with E-state index < -0.39 is 0 Å². The van der Waals surface area contributed by atoms with E-state index >= 15 is 0 Å². The van der Waals surface area contributed by atoms with Gasteiger partial charge in [0, 0.05) is 18.3 Å². The Bertz CT molecular complexity index is 265. The van der Waals surface area contributed by atoms with Crippen LogP contribution in [0.3, 0.4) is 0 Å². The van der Waals surface area contributed by atoms with Crippen LogP contribution in [0.25, 0.3) is 0 Å². The molecule has 0 saturated carbocycles. The number of hydrogen-bond acceptors (Lipinski definition) is 4. The van der Waals surface area contributed by atoms with E-state index in [0.717, 1.165) is 12.1 Å². The molecule has 0 spiro atoms. The van der Waals surface area contributed by atoms with Gasteiger partial charge in [0.15, 0.2) is 0 Å². The Morgan fingerprint density at radius 2 is 2.15 bits per heavy atom. The van der Waals surface area contributed by atoms with Crippen LogP contribution in [0.15, 0.2) is 12.4 Å². The van der Waals surface area contributed by atoms with Crippen molar-refractivity contribution in [1.29, 1.82) is 0 Å². The summed E-state index contributed by atoms with van der Waals surface area (Å²) in [5.41, 5.74) is 6.35. The molecule has 1 aromatic rings. The van der Waals surface area contributed by atoms with Crippen LogP contribution in [0, 0.1) is 0 Å². The fourth-order valence-electron chi connectivity index (χ4n) is 1.22. The number of aromatic nitrogens is 2. The third-order valence-corrected chi connectivity index (χ3v) is 1.95. The molecule has 0 amide bonds. The first-order valence-corrected chi connectivity index (χ1v) is 4.34. The van der Waals surface area contributed by atoms with Gasteiger partial charge in [0.25, 0.3) is 0 Å². The van der Waals surface area contributed by atoms with Crippen LogP contribution >= 0.6 is 0 Å². The molecule has 0 aliphatic heterocycles. The van der Waals surface area contributed by atoms with Crippen molar-refractivity contribution >= 4 is 0 Å². The van der Waals surface area contributed by atoms with E-state index in [4.69, 9.17) is 10.5 Å². The normalized spacial score (nSPS) is 12.5. The van der Waals surface area contributed by atoms with E-state index in [9.17, 15) is 0 Å². The average Bonchev–Trinajstić information content (AvgIpc) is 2.18. The number of nitrogens with two attached hydrogens (primary N) is 1. The Kier molecular flexibility index (Phi) is 3.64. The zero-order valence-corrected chi connectivity index (χ0v) is 8.03. The Labute approximate surface area is 78.1 Å². The van der Waals surface area contributed by atoms with Gasteiger partial charge in [-0.2, -0.15) is 0 Å². The minimum atomic E-state index is 0.300. The maximum atomic E-state index is 5.47. The van der Waals surface area contributed by atoms with Crippen molar-refractivity contribution in [3.05, 3.63) is 18.1 Å². The molecule has 0 saturated heterocycles. The molecule has 1 atom stereocenters. The summed E-state index contributed by atoms with van der Waals surface area (Å²) in [6.45, 7) is 2.72. The molecule has 1 rings (SSSR count). The number of rotatable bonds is 4. The largest absolute Gasteiger partial charge is 0.480 e. The van der Waals surface area contributed by atoms with Gasteiger partial charge in [-0.3, -0.25) is 4.98 Å². The van der Waals surface area contributed by atoms with Crippen molar-refractivity contribution in [3.63, 3.8) is 0 Å². The molecular weight excluding hydrogens is 166 g/mol. The lowest BCUT2D eigenvalue weighted by atomic mass is 10.0. The lowest BCUT2D eigenvalue weighted by Gasteiger charge is -2.11. The molecule has 13 heavy (non-hydrogen) atoms. The van der Waals surface area contributed by atoms with Crippen LogP contribution in [0.1, 0.15) is 25.0 Å². The van der Waals surface area contributed by atoms with Crippen LogP contribution in [0.4, 0.5) is 0 Å². The Morgan fingerprint density at radius 3 is 2.77 bits per heavy atom. The molecule has 4 heteroatoms. The standard InChI is InChI=1S/C9H15N3O/c1-7(3-4-10)8-9(13-2)12-6-5-11-8/h5-7H,3-4,10H2,1-2H3. The predicted octanol–water partition coefficient (Wildman–Crippen LogP) is 0.938. The van der Waals surface area contributed by atoms with E-state index in [0.29, 0.717) is 18.3 Å². The monoisotopic (exact) mass is 181 g/mol. The maximum absolute atomic E-state index is 5.47. The molecule has 72 valence electrons. The van der Waals surface area contributed by atoms with Crippen molar-refractivity contribution in [3.8, 4) is 5.88 Å². The van der Waals surface area contributed by atoms with E-state index in [1.165, 1.54) is 0 Å². The van der Waals surface area contributed by atoms with Crippen LogP contribution in [0.5, 0.6) is 5.88 Å². The summed E-state index contributed by atoms with van der Waals surface area (Å²) in [5.74, 6) is 0.900. The first-order valence-electron chi connectivity index (χ1n) is 4.34. The SMILES string of the molecule is COc1nccnc1C(C)CCN. The predicted molar refractivity (Wildman–Crippen MR) is 50.7 cm³/mol. The second kappa shape index (κ2) is 4.77. The summed E-state index contributed by atoms with van der Waals surface area (Å²) in [5, 5.41) is 0. The summed E-state index contributed by atoms with van der Waals surface area (Å²) < 4.78 is 5.10. The summed E-state index contributed by atoms with van der Waals surface area (Å²) >= 11 is 0. The molecule has 0 fully saturated rings. The number of methoxy groups -OCH3 is 1. The highest BCUT2D eigenvalue weighted by molar-refractivity contribution is 5.20. The highest BCUT2D eigenvalue weighted by atomic mass is 16.5. The van der Waals surface area contributed by atoms with E-state index in [1.807, 2.05) is 0 Å². The zero-order chi connectivity index (χ0) is 9.68. The number of hydrogen-bond donors (Lipinski definition) is 1. The van der Waals surface area contributed by atoms with Crippen molar-refractivity contribution in [2.24, 2.45) is 5.73 Å². The van der Waals surface area contributed by atoms with Crippen LogP contribution in [-0.2, 0) is 0 Å². The van der Waals surface area contributed by atoms with Gasteiger partial charge in [-0.05, 0) is 13.0 Å². The van der Waals surface area contributed by atoms with E-state index in [-0.39, 0.29) is 0 Å². The van der Waals surface area contributed by atoms with Gasteiger partial charge < -0.3 is 10.5 Å². The Hall–Kier alpha value is -1.16. The van der Waals surface area contributed by atoms with Gasteiger partial charge in [0.1, 0.15) is 5.69 Å². The molecule has 4 nitrogen and oxygen atoms in total. The topological polar surface area (TPSA) is 61.0 Å². The van der Waals surface area contributed by atoms with E-state index in [2.05, 4.69) is 16.9 Å². The fraction of sp³-hybridized carbons (Fsp3) is 0.556. The van der Waals surface area contributed by atoms with Gasteiger partial charge in [-0.25, -0.2) is 4.98 Å². The molecule has 0 aromatic carbocycles. The number of ether oxygens (including phenoxy) is 1. The highest BCUT2D eigenvalue weighted by Crippen LogP contribution is 2.23. The Morgan fingerprint density at radius 1 is 1.46 bits per heavy atom.